The number of piperidine rings is 2. The number of rotatable bonds is 5. The third-order valence-corrected chi connectivity index (χ3v) is 4.74. The van der Waals surface area contributed by atoms with E-state index in [0.717, 1.165) is 51.9 Å². The van der Waals surface area contributed by atoms with Crippen molar-refractivity contribution in [2.75, 3.05) is 32.5 Å². The summed E-state index contributed by atoms with van der Waals surface area (Å²) < 4.78 is 23.5. The highest BCUT2D eigenvalue weighted by molar-refractivity contribution is 7.53. The minimum atomic E-state index is -3.21. The highest BCUT2D eigenvalue weighted by Crippen LogP contribution is 2.48. The average Bonchev–Trinajstić information content (AvgIpc) is 2.41. The summed E-state index contributed by atoms with van der Waals surface area (Å²) in [5, 5.41) is 3.50. The number of nitrogens with zero attached hydrogens (tertiary/aromatic N) is 2. The largest absolute Gasteiger partial charge is 0.377 e. The maximum atomic E-state index is 12.5. The first-order valence-corrected chi connectivity index (χ1v) is 8.63. The van der Waals surface area contributed by atoms with Gasteiger partial charge < -0.3 is 5.73 Å². The first kappa shape index (κ1) is 14.4. The third-order valence-electron chi connectivity index (χ3n) is 3.33. The molecule has 0 saturated carbocycles. The molecule has 0 atom stereocenters. The van der Waals surface area contributed by atoms with Crippen molar-refractivity contribution in [1.29, 1.82) is 0 Å². The van der Waals surface area contributed by atoms with Crippen molar-refractivity contribution < 1.29 is 13.8 Å². The molecule has 0 aliphatic carbocycles. The van der Waals surface area contributed by atoms with E-state index >= 15 is 0 Å². The maximum Gasteiger partial charge on any atom is 0.377 e. The summed E-state index contributed by atoms with van der Waals surface area (Å²) >= 11 is 0. The Morgan fingerprint density at radius 3 is 1.56 bits per heavy atom. The SMILES string of the molecule is NCP(=O)(ON1CCCCC1)ON1CCCCC1. The lowest BCUT2D eigenvalue weighted by Crippen LogP contribution is -2.34. The Kier molecular flexibility index (Phi) is 5.60. The Labute approximate surface area is 109 Å². The van der Waals surface area contributed by atoms with Gasteiger partial charge in [-0.25, -0.2) is 9.25 Å². The van der Waals surface area contributed by atoms with Crippen LogP contribution in [-0.4, -0.2) is 42.6 Å². The second-order valence-electron chi connectivity index (χ2n) is 4.94. The van der Waals surface area contributed by atoms with E-state index < -0.39 is 7.60 Å². The molecule has 2 fully saturated rings. The fourth-order valence-corrected chi connectivity index (χ4v) is 3.52. The topological polar surface area (TPSA) is 68.0 Å². The Morgan fingerprint density at radius 1 is 0.833 bits per heavy atom. The smallest absolute Gasteiger partial charge is 0.320 e. The predicted molar refractivity (Wildman–Crippen MR) is 69.7 cm³/mol. The Bertz CT molecular complexity index is 267. The number of hydrogen-bond acceptors (Lipinski definition) is 6. The number of hydrogen-bond donors (Lipinski definition) is 1. The van der Waals surface area contributed by atoms with Gasteiger partial charge in [-0.2, -0.15) is 10.1 Å². The molecule has 0 aromatic heterocycles. The van der Waals surface area contributed by atoms with Crippen LogP contribution in [0.2, 0.25) is 0 Å². The molecule has 2 saturated heterocycles. The van der Waals surface area contributed by atoms with Crippen LogP contribution < -0.4 is 5.73 Å². The molecule has 0 bridgehead atoms. The van der Waals surface area contributed by atoms with Gasteiger partial charge in [-0.15, -0.1) is 0 Å². The first-order valence-electron chi connectivity index (χ1n) is 6.90. The van der Waals surface area contributed by atoms with Crippen molar-refractivity contribution in [3.8, 4) is 0 Å². The monoisotopic (exact) mass is 277 g/mol. The van der Waals surface area contributed by atoms with E-state index in [2.05, 4.69) is 0 Å². The van der Waals surface area contributed by atoms with Crippen LogP contribution in [0.1, 0.15) is 38.5 Å². The summed E-state index contributed by atoms with van der Waals surface area (Å²) in [6, 6.07) is 0. The van der Waals surface area contributed by atoms with Gasteiger partial charge in [0.25, 0.3) is 0 Å². The van der Waals surface area contributed by atoms with Crippen molar-refractivity contribution >= 4 is 7.60 Å². The lowest BCUT2D eigenvalue weighted by molar-refractivity contribution is -0.134. The van der Waals surface area contributed by atoms with Gasteiger partial charge in [0, 0.05) is 26.2 Å². The molecule has 0 aromatic rings. The van der Waals surface area contributed by atoms with Gasteiger partial charge in [-0.05, 0) is 25.7 Å². The highest BCUT2D eigenvalue weighted by atomic mass is 31.2. The summed E-state index contributed by atoms with van der Waals surface area (Å²) in [6.07, 6.45) is 6.66. The molecule has 0 unspecified atom stereocenters. The van der Waals surface area contributed by atoms with E-state index in [4.69, 9.17) is 15.0 Å². The predicted octanol–water partition coefficient (Wildman–Crippen LogP) is 1.93. The van der Waals surface area contributed by atoms with Gasteiger partial charge in [0.1, 0.15) is 0 Å². The van der Waals surface area contributed by atoms with Crippen LogP contribution >= 0.6 is 7.60 Å². The molecular formula is C11H24N3O3P. The molecule has 2 aliphatic rings. The molecule has 106 valence electrons. The Hall–Kier alpha value is 0.0300. The molecule has 0 radical (unpaired) electrons. The normalized spacial score (nSPS) is 24.3. The number of hydroxylamine groups is 4. The minimum Gasteiger partial charge on any atom is -0.320 e. The van der Waals surface area contributed by atoms with Gasteiger partial charge in [-0.1, -0.05) is 12.8 Å². The molecule has 2 heterocycles. The van der Waals surface area contributed by atoms with Crippen molar-refractivity contribution in [3.05, 3.63) is 0 Å². The first-order chi connectivity index (χ1) is 8.72. The van der Waals surface area contributed by atoms with Crippen LogP contribution in [0.3, 0.4) is 0 Å². The lowest BCUT2D eigenvalue weighted by atomic mass is 10.2. The summed E-state index contributed by atoms with van der Waals surface area (Å²) in [6.45, 7) is 3.25. The van der Waals surface area contributed by atoms with Crippen LogP contribution in [-0.2, 0) is 13.8 Å². The molecule has 0 spiro atoms. The van der Waals surface area contributed by atoms with E-state index in [0.29, 0.717) is 0 Å². The fraction of sp³-hybridized carbons (Fsp3) is 1.00. The van der Waals surface area contributed by atoms with Gasteiger partial charge >= 0.3 is 7.60 Å². The number of nitrogens with two attached hydrogens (primary N) is 1. The van der Waals surface area contributed by atoms with Gasteiger partial charge in [0.05, 0.1) is 6.29 Å². The standard InChI is InChI=1S/C11H24N3O3P/c12-11-18(15,16-13-7-3-1-4-8-13)17-14-9-5-2-6-10-14/h1-12H2. The average molecular weight is 277 g/mol. The summed E-state index contributed by atoms with van der Waals surface area (Å²) in [5.74, 6) is 0. The van der Waals surface area contributed by atoms with E-state index in [-0.39, 0.29) is 6.29 Å². The highest BCUT2D eigenvalue weighted by Gasteiger charge is 2.31. The van der Waals surface area contributed by atoms with Crippen LogP contribution in [0, 0.1) is 0 Å². The van der Waals surface area contributed by atoms with E-state index in [1.165, 1.54) is 12.8 Å². The van der Waals surface area contributed by atoms with E-state index in [1.807, 2.05) is 0 Å². The van der Waals surface area contributed by atoms with Crippen molar-refractivity contribution in [3.63, 3.8) is 0 Å². The molecule has 2 aliphatic heterocycles. The van der Waals surface area contributed by atoms with Crippen molar-refractivity contribution in [1.82, 2.24) is 10.1 Å². The maximum absolute atomic E-state index is 12.5. The second kappa shape index (κ2) is 6.98. The van der Waals surface area contributed by atoms with Crippen molar-refractivity contribution in [2.45, 2.75) is 38.5 Å². The molecule has 18 heavy (non-hydrogen) atoms. The zero-order valence-corrected chi connectivity index (χ0v) is 11.8. The molecule has 2 N–H and O–H groups in total. The van der Waals surface area contributed by atoms with Gasteiger partial charge in [0.15, 0.2) is 0 Å². The summed E-state index contributed by atoms with van der Waals surface area (Å²) in [5.41, 5.74) is 5.57. The second-order valence-corrected chi connectivity index (χ2v) is 6.85. The lowest BCUT2D eigenvalue weighted by Gasteiger charge is -2.32. The van der Waals surface area contributed by atoms with Crippen LogP contribution in [0.15, 0.2) is 0 Å². The Balaban J connectivity index is 1.85. The van der Waals surface area contributed by atoms with E-state index in [9.17, 15) is 4.57 Å². The fourth-order valence-electron chi connectivity index (χ4n) is 2.33. The quantitative estimate of drug-likeness (QED) is 0.774. The van der Waals surface area contributed by atoms with Crippen LogP contribution in [0.5, 0.6) is 0 Å². The summed E-state index contributed by atoms with van der Waals surface area (Å²) in [4.78, 5) is 0. The van der Waals surface area contributed by atoms with Crippen LogP contribution in [0.25, 0.3) is 0 Å². The molecule has 0 aromatic carbocycles. The molecule has 2 rings (SSSR count). The third kappa shape index (κ3) is 4.30. The molecule has 6 nitrogen and oxygen atoms in total. The Morgan fingerprint density at radius 2 is 1.22 bits per heavy atom. The van der Waals surface area contributed by atoms with Gasteiger partial charge in [-0.3, -0.25) is 4.57 Å². The minimum absolute atomic E-state index is 0.0694. The zero-order valence-electron chi connectivity index (χ0n) is 10.9. The molecular weight excluding hydrogens is 253 g/mol. The van der Waals surface area contributed by atoms with Gasteiger partial charge in [0.2, 0.25) is 0 Å². The van der Waals surface area contributed by atoms with Crippen LogP contribution in [0.4, 0.5) is 0 Å². The molecule has 0 amide bonds. The van der Waals surface area contributed by atoms with Crippen molar-refractivity contribution in [2.24, 2.45) is 5.73 Å². The summed E-state index contributed by atoms with van der Waals surface area (Å²) in [7, 11) is -3.21. The molecule has 7 heteroatoms. The van der Waals surface area contributed by atoms with E-state index in [1.54, 1.807) is 10.1 Å². The zero-order chi connectivity index (χ0) is 12.8.